The third-order valence-corrected chi connectivity index (χ3v) is 5.61. The molecule has 28 heavy (non-hydrogen) atoms. The van der Waals surface area contributed by atoms with Gasteiger partial charge in [0.25, 0.3) is 5.56 Å². The van der Waals surface area contributed by atoms with Crippen LogP contribution in [0.2, 0.25) is 0 Å². The lowest BCUT2D eigenvalue weighted by Crippen LogP contribution is -2.47. The molecule has 1 unspecified atom stereocenters. The first-order valence-corrected chi connectivity index (χ1v) is 10.3. The van der Waals surface area contributed by atoms with Crippen LogP contribution in [0.15, 0.2) is 35.1 Å². The Labute approximate surface area is 166 Å². The Balaban J connectivity index is 1.49. The molecule has 2 saturated heterocycles. The summed E-state index contributed by atoms with van der Waals surface area (Å²) in [5.41, 5.74) is 2.94. The highest BCUT2D eigenvalue weighted by molar-refractivity contribution is 5.55. The van der Waals surface area contributed by atoms with Crippen molar-refractivity contribution in [2.45, 2.75) is 44.8 Å². The summed E-state index contributed by atoms with van der Waals surface area (Å²) in [5.74, 6) is 0.978. The van der Waals surface area contributed by atoms with Gasteiger partial charge in [-0.2, -0.15) is 0 Å². The summed E-state index contributed by atoms with van der Waals surface area (Å²) in [7, 11) is 0. The number of aromatic nitrogens is 2. The number of hydrogen-bond acceptors (Lipinski definition) is 5. The predicted octanol–water partition coefficient (Wildman–Crippen LogP) is 2.51. The summed E-state index contributed by atoms with van der Waals surface area (Å²) in [4.78, 5) is 22.3. The average Bonchev–Trinajstić information content (AvgIpc) is 2.68. The van der Waals surface area contributed by atoms with Crippen LogP contribution in [-0.2, 0) is 11.3 Å². The minimum atomic E-state index is -0.0873. The molecule has 0 radical (unpaired) electrons. The largest absolute Gasteiger partial charge is 0.373 e. The molecule has 1 aromatic heterocycles. The van der Waals surface area contributed by atoms with Crippen LogP contribution in [0.5, 0.6) is 0 Å². The van der Waals surface area contributed by atoms with Crippen molar-refractivity contribution >= 4 is 0 Å². The van der Waals surface area contributed by atoms with E-state index in [9.17, 15) is 4.79 Å². The maximum atomic E-state index is 12.2. The zero-order valence-electron chi connectivity index (χ0n) is 16.8. The molecular weight excluding hydrogens is 352 g/mol. The predicted molar refractivity (Wildman–Crippen MR) is 110 cm³/mol. The fraction of sp³-hybridized carbons (Fsp3) is 0.545. The maximum absolute atomic E-state index is 12.2. The lowest BCUT2D eigenvalue weighted by atomic mass is 9.96. The van der Waals surface area contributed by atoms with Gasteiger partial charge in [0.05, 0.1) is 17.9 Å². The number of rotatable bonds is 4. The lowest BCUT2D eigenvalue weighted by molar-refractivity contribution is -0.0882. The first-order chi connectivity index (χ1) is 13.5. The number of ether oxygens (including phenoxy) is 1. The van der Waals surface area contributed by atoms with Gasteiger partial charge in [-0.1, -0.05) is 24.3 Å². The summed E-state index contributed by atoms with van der Waals surface area (Å²) in [6, 6.07) is 10.0. The van der Waals surface area contributed by atoms with Crippen LogP contribution in [0.1, 0.15) is 43.9 Å². The first-order valence-electron chi connectivity index (χ1n) is 10.3. The SMILES string of the molecule is CC1(C)CN(Cc2ccc(-c3nc(C4CCCNC4)cc(=O)[nH]3)cc2)CCO1. The highest BCUT2D eigenvalue weighted by Gasteiger charge is 2.27. The summed E-state index contributed by atoms with van der Waals surface area (Å²) in [6.07, 6.45) is 2.21. The van der Waals surface area contributed by atoms with Crippen LogP contribution < -0.4 is 10.9 Å². The van der Waals surface area contributed by atoms with Crippen molar-refractivity contribution in [2.75, 3.05) is 32.8 Å². The van der Waals surface area contributed by atoms with Crippen LogP contribution in [-0.4, -0.2) is 53.3 Å². The number of nitrogens with zero attached hydrogens (tertiary/aromatic N) is 2. The molecule has 2 N–H and O–H groups in total. The average molecular weight is 383 g/mol. The summed E-state index contributed by atoms with van der Waals surface area (Å²) >= 11 is 0. The Bertz CT molecular complexity index is 854. The van der Waals surface area contributed by atoms with E-state index in [0.717, 1.165) is 63.4 Å². The van der Waals surface area contributed by atoms with Gasteiger partial charge in [0.2, 0.25) is 0 Å². The van der Waals surface area contributed by atoms with E-state index in [1.54, 1.807) is 6.07 Å². The van der Waals surface area contributed by atoms with Crippen LogP contribution >= 0.6 is 0 Å². The molecular formula is C22H30N4O2. The van der Waals surface area contributed by atoms with E-state index in [4.69, 9.17) is 9.72 Å². The summed E-state index contributed by atoms with van der Waals surface area (Å²) in [6.45, 7) is 9.79. The smallest absolute Gasteiger partial charge is 0.251 e. The number of H-pyrrole nitrogens is 1. The van der Waals surface area contributed by atoms with Gasteiger partial charge >= 0.3 is 0 Å². The number of hydrogen-bond donors (Lipinski definition) is 2. The van der Waals surface area contributed by atoms with E-state index in [2.05, 4.69) is 53.3 Å². The number of morpholine rings is 1. The molecule has 2 aliphatic rings. The van der Waals surface area contributed by atoms with Gasteiger partial charge in [-0.15, -0.1) is 0 Å². The quantitative estimate of drug-likeness (QED) is 0.850. The second-order valence-corrected chi connectivity index (χ2v) is 8.58. The summed E-state index contributed by atoms with van der Waals surface area (Å²) < 4.78 is 5.79. The number of piperidine rings is 1. The lowest BCUT2D eigenvalue weighted by Gasteiger charge is -2.38. The molecule has 150 valence electrons. The fourth-order valence-corrected chi connectivity index (χ4v) is 4.20. The Kier molecular flexibility index (Phi) is 5.62. The van der Waals surface area contributed by atoms with Crippen molar-refractivity contribution in [2.24, 2.45) is 0 Å². The van der Waals surface area contributed by atoms with Gasteiger partial charge in [0.1, 0.15) is 5.82 Å². The zero-order chi connectivity index (χ0) is 19.6. The topological polar surface area (TPSA) is 70.2 Å². The molecule has 3 heterocycles. The van der Waals surface area contributed by atoms with Crippen molar-refractivity contribution in [3.63, 3.8) is 0 Å². The van der Waals surface area contributed by atoms with E-state index in [0.29, 0.717) is 11.7 Å². The Morgan fingerprint density at radius 1 is 1.29 bits per heavy atom. The molecule has 1 aromatic carbocycles. The molecule has 0 spiro atoms. The van der Waals surface area contributed by atoms with Gasteiger partial charge in [0, 0.05) is 43.7 Å². The van der Waals surface area contributed by atoms with Gasteiger partial charge in [0.15, 0.2) is 0 Å². The van der Waals surface area contributed by atoms with E-state index >= 15 is 0 Å². The molecule has 0 aliphatic carbocycles. The molecule has 1 atom stereocenters. The van der Waals surface area contributed by atoms with Gasteiger partial charge < -0.3 is 15.0 Å². The molecule has 0 saturated carbocycles. The van der Waals surface area contributed by atoms with Crippen LogP contribution in [0.3, 0.4) is 0 Å². The molecule has 2 aliphatic heterocycles. The van der Waals surface area contributed by atoms with Crippen molar-refractivity contribution in [1.29, 1.82) is 0 Å². The van der Waals surface area contributed by atoms with E-state index in [1.807, 2.05) is 0 Å². The standard InChI is InChI=1S/C22H30N4O2/c1-22(2)15-26(10-11-28-22)14-16-5-7-17(8-6-16)21-24-19(12-20(27)25-21)18-4-3-9-23-13-18/h5-8,12,18,23H,3-4,9-11,13-15H2,1-2H3,(H,24,25,27). The van der Waals surface area contributed by atoms with Crippen LogP contribution in [0.25, 0.3) is 11.4 Å². The molecule has 0 amide bonds. The van der Waals surface area contributed by atoms with E-state index in [1.165, 1.54) is 5.56 Å². The Morgan fingerprint density at radius 2 is 2.11 bits per heavy atom. The summed E-state index contributed by atoms with van der Waals surface area (Å²) in [5, 5.41) is 3.40. The molecule has 2 aromatic rings. The van der Waals surface area contributed by atoms with Gasteiger partial charge in [-0.05, 0) is 38.8 Å². The monoisotopic (exact) mass is 382 g/mol. The van der Waals surface area contributed by atoms with Gasteiger partial charge in [-0.3, -0.25) is 9.69 Å². The van der Waals surface area contributed by atoms with Crippen LogP contribution in [0, 0.1) is 0 Å². The molecule has 4 rings (SSSR count). The third-order valence-electron chi connectivity index (χ3n) is 5.61. The van der Waals surface area contributed by atoms with E-state index in [-0.39, 0.29) is 11.2 Å². The highest BCUT2D eigenvalue weighted by Crippen LogP contribution is 2.23. The molecule has 6 nitrogen and oxygen atoms in total. The Hall–Kier alpha value is -2.02. The molecule has 2 fully saturated rings. The highest BCUT2D eigenvalue weighted by atomic mass is 16.5. The third kappa shape index (κ3) is 4.69. The number of benzene rings is 1. The second-order valence-electron chi connectivity index (χ2n) is 8.58. The minimum absolute atomic E-state index is 0.0785. The normalized spacial score (nSPS) is 22.9. The van der Waals surface area contributed by atoms with Crippen molar-refractivity contribution in [3.8, 4) is 11.4 Å². The van der Waals surface area contributed by atoms with Crippen molar-refractivity contribution in [1.82, 2.24) is 20.2 Å². The van der Waals surface area contributed by atoms with Crippen LogP contribution in [0.4, 0.5) is 0 Å². The number of aromatic amines is 1. The maximum Gasteiger partial charge on any atom is 0.251 e. The van der Waals surface area contributed by atoms with Crippen molar-refractivity contribution in [3.05, 3.63) is 51.9 Å². The second kappa shape index (κ2) is 8.15. The fourth-order valence-electron chi connectivity index (χ4n) is 4.20. The molecule has 6 heteroatoms. The number of nitrogens with one attached hydrogen (secondary N) is 2. The first kappa shape index (κ1) is 19.3. The molecule has 0 bridgehead atoms. The van der Waals surface area contributed by atoms with Gasteiger partial charge in [-0.25, -0.2) is 4.98 Å². The Morgan fingerprint density at radius 3 is 2.82 bits per heavy atom. The minimum Gasteiger partial charge on any atom is -0.373 e. The zero-order valence-corrected chi connectivity index (χ0v) is 16.8. The van der Waals surface area contributed by atoms with E-state index < -0.39 is 0 Å². The van der Waals surface area contributed by atoms with Crippen molar-refractivity contribution < 1.29 is 4.74 Å².